The molecule has 1 unspecified atom stereocenters. The molecule has 2 saturated heterocycles. The van der Waals surface area contributed by atoms with E-state index in [-0.39, 0.29) is 30.0 Å². The Balaban J connectivity index is 1.15. The summed E-state index contributed by atoms with van der Waals surface area (Å²) in [5, 5.41) is 2.88. The van der Waals surface area contributed by atoms with E-state index < -0.39 is 9.84 Å². The Kier molecular flexibility index (Phi) is 8.45. The number of hydrogen-bond acceptors (Lipinski definition) is 6. The van der Waals surface area contributed by atoms with Gasteiger partial charge in [-0.05, 0) is 80.0 Å². The number of nitrogens with one attached hydrogen (secondary N) is 1. The standard InChI is InChI=1S/C29H37N3O5S/c33-28(19-22-6-12-27(13-7-22)38(35,36)21-23-4-5-23)30-25-10-8-24(9-11-25)29(34)32-14-2-1-3-26(32)20-31-15-17-37-18-16-31/h6-13,23,26H,1-5,14-21H2,(H,30,33). The SMILES string of the molecule is O=C(Cc1ccc(S(=O)(=O)CC2CC2)cc1)Nc1ccc(C(=O)N2CCCCC2CN2CCOCC2)cc1. The molecule has 0 radical (unpaired) electrons. The van der Waals surface area contributed by atoms with Gasteiger partial charge >= 0.3 is 0 Å². The highest BCUT2D eigenvalue weighted by Gasteiger charge is 2.30. The number of rotatable bonds is 9. The average molecular weight is 540 g/mol. The topological polar surface area (TPSA) is 96.0 Å². The van der Waals surface area contributed by atoms with E-state index in [9.17, 15) is 18.0 Å². The number of morpholine rings is 1. The zero-order valence-corrected chi connectivity index (χ0v) is 22.6. The Morgan fingerprint density at radius 3 is 2.29 bits per heavy atom. The van der Waals surface area contributed by atoms with Gasteiger partial charge in [0.2, 0.25) is 5.91 Å². The molecule has 0 spiro atoms. The van der Waals surface area contributed by atoms with Crippen molar-refractivity contribution in [3.8, 4) is 0 Å². The molecule has 3 aliphatic rings. The highest BCUT2D eigenvalue weighted by molar-refractivity contribution is 7.91. The minimum atomic E-state index is -3.26. The van der Waals surface area contributed by atoms with E-state index >= 15 is 0 Å². The monoisotopic (exact) mass is 539 g/mol. The molecule has 9 heteroatoms. The van der Waals surface area contributed by atoms with E-state index in [4.69, 9.17) is 4.74 Å². The summed E-state index contributed by atoms with van der Waals surface area (Å²) in [4.78, 5) is 30.7. The number of piperidine rings is 1. The van der Waals surface area contributed by atoms with Crippen LogP contribution in [-0.4, -0.2) is 81.2 Å². The van der Waals surface area contributed by atoms with Gasteiger partial charge < -0.3 is 15.0 Å². The van der Waals surface area contributed by atoms with Crippen molar-refractivity contribution in [1.82, 2.24) is 9.80 Å². The third-order valence-corrected chi connectivity index (χ3v) is 9.58. The molecule has 0 bridgehead atoms. The maximum atomic E-state index is 13.3. The molecule has 2 aliphatic heterocycles. The number of ether oxygens (including phenoxy) is 1. The van der Waals surface area contributed by atoms with Gasteiger partial charge in [0.05, 0.1) is 30.3 Å². The minimum Gasteiger partial charge on any atom is -0.379 e. The average Bonchev–Trinajstić information content (AvgIpc) is 3.73. The molecule has 0 aromatic heterocycles. The molecule has 8 nitrogen and oxygen atoms in total. The van der Waals surface area contributed by atoms with Gasteiger partial charge in [0, 0.05) is 43.5 Å². The van der Waals surface area contributed by atoms with E-state index in [1.54, 1.807) is 48.5 Å². The number of carbonyl (C=O) groups excluding carboxylic acids is 2. The van der Waals surface area contributed by atoms with Gasteiger partial charge in [0.1, 0.15) is 0 Å². The maximum absolute atomic E-state index is 13.3. The molecule has 1 aliphatic carbocycles. The first-order valence-electron chi connectivity index (χ1n) is 13.7. The van der Waals surface area contributed by atoms with Crippen LogP contribution in [0.25, 0.3) is 0 Å². The molecule has 2 aromatic carbocycles. The first kappa shape index (κ1) is 26.8. The summed E-state index contributed by atoms with van der Waals surface area (Å²) in [6.45, 7) is 4.99. The lowest BCUT2D eigenvalue weighted by atomic mass is 10.00. The van der Waals surface area contributed by atoms with Crippen LogP contribution < -0.4 is 5.32 Å². The lowest BCUT2D eigenvalue weighted by molar-refractivity contribution is -0.115. The van der Waals surface area contributed by atoms with Crippen LogP contribution in [0.2, 0.25) is 0 Å². The predicted octanol–water partition coefficient (Wildman–Crippen LogP) is 3.38. The highest BCUT2D eigenvalue weighted by Crippen LogP contribution is 2.32. The zero-order chi connectivity index (χ0) is 26.5. The fourth-order valence-corrected chi connectivity index (χ4v) is 6.99. The Morgan fingerprint density at radius 1 is 0.895 bits per heavy atom. The van der Waals surface area contributed by atoms with Crippen LogP contribution in [0.15, 0.2) is 53.4 Å². The van der Waals surface area contributed by atoms with Crippen molar-refractivity contribution in [3.63, 3.8) is 0 Å². The fraction of sp³-hybridized carbons (Fsp3) is 0.517. The second kappa shape index (κ2) is 12.0. The molecular formula is C29H37N3O5S. The van der Waals surface area contributed by atoms with Crippen molar-refractivity contribution < 1.29 is 22.7 Å². The van der Waals surface area contributed by atoms with Crippen LogP contribution in [0.4, 0.5) is 5.69 Å². The van der Waals surface area contributed by atoms with Gasteiger partial charge in [0.25, 0.3) is 5.91 Å². The van der Waals surface area contributed by atoms with E-state index in [2.05, 4.69) is 10.2 Å². The van der Waals surface area contributed by atoms with E-state index in [1.807, 2.05) is 4.90 Å². The summed E-state index contributed by atoms with van der Waals surface area (Å²) < 4.78 is 30.3. The number of sulfone groups is 1. The van der Waals surface area contributed by atoms with Crippen molar-refractivity contribution in [1.29, 1.82) is 0 Å². The van der Waals surface area contributed by atoms with Crippen molar-refractivity contribution >= 4 is 27.3 Å². The van der Waals surface area contributed by atoms with Crippen LogP contribution in [0, 0.1) is 5.92 Å². The Hall–Kier alpha value is -2.75. The molecule has 38 heavy (non-hydrogen) atoms. The van der Waals surface area contributed by atoms with Crippen molar-refractivity contribution in [2.45, 2.75) is 49.5 Å². The third kappa shape index (κ3) is 7.01. The van der Waals surface area contributed by atoms with Crippen molar-refractivity contribution in [3.05, 3.63) is 59.7 Å². The molecule has 2 heterocycles. The molecule has 2 aromatic rings. The number of amides is 2. The summed E-state index contributed by atoms with van der Waals surface area (Å²) in [5.41, 5.74) is 2.00. The predicted molar refractivity (Wildman–Crippen MR) is 146 cm³/mol. The van der Waals surface area contributed by atoms with Crippen LogP contribution in [0.1, 0.15) is 48.0 Å². The summed E-state index contributed by atoms with van der Waals surface area (Å²) >= 11 is 0. The van der Waals surface area contributed by atoms with Gasteiger partial charge in [-0.25, -0.2) is 8.42 Å². The summed E-state index contributed by atoms with van der Waals surface area (Å²) in [5.74, 6) is 0.345. The molecule has 1 saturated carbocycles. The van der Waals surface area contributed by atoms with Gasteiger partial charge in [-0.1, -0.05) is 12.1 Å². The molecule has 3 fully saturated rings. The first-order chi connectivity index (χ1) is 18.4. The molecular weight excluding hydrogens is 502 g/mol. The first-order valence-corrected chi connectivity index (χ1v) is 15.4. The molecule has 5 rings (SSSR count). The molecule has 204 valence electrons. The minimum absolute atomic E-state index is 0.0394. The normalized spacial score (nSPS) is 20.7. The van der Waals surface area contributed by atoms with Crippen LogP contribution in [0.3, 0.4) is 0 Å². The lowest BCUT2D eigenvalue weighted by Crippen LogP contribution is -2.51. The summed E-state index contributed by atoms with van der Waals surface area (Å²) in [6, 6.07) is 13.9. The van der Waals surface area contributed by atoms with Crippen molar-refractivity contribution in [2.75, 3.05) is 50.5 Å². The third-order valence-electron chi connectivity index (χ3n) is 7.68. The highest BCUT2D eigenvalue weighted by atomic mass is 32.2. The Labute approximate surface area is 225 Å². The summed E-state index contributed by atoms with van der Waals surface area (Å²) in [7, 11) is -3.26. The second-order valence-corrected chi connectivity index (χ2v) is 12.8. The van der Waals surface area contributed by atoms with E-state index in [1.165, 1.54) is 0 Å². The van der Waals surface area contributed by atoms with E-state index in [0.29, 0.717) is 22.1 Å². The van der Waals surface area contributed by atoms with Crippen LogP contribution in [0.5, 0.6) is 0 Å². The number of anilines is 1. The Morgan fingerprint density at radius 2 is 1.61 bits per heavy atom. The zero-order valence-electron chi connectivity index (χ0n) is 21.8. The van der Waals surface area contributed by atoms with Gasteiger partial charge in [-0.2, -0.15) is 0 Å². The molecule has 1 atom stereocenters. The van der Waals surface area contributed by atoms with Gasteiger partial charge in [0.15, 0.2) is 9.84 Å². The lowest BCUT2D eigenvalue weighted by Gasteiger charge is -2.39. The van der Waals surface area contributed by atoms with Crippen molar-refractivity contribution in [2.24, 2.45) is 5.92 Å². The Bertz CT molecular complexity index is 1220. The number of likely N-dealkylation sites (tertiary alicyclic amines) is 1. The largest absolute Gasteiger partial charge is 0.379 e. The van der Waals surface area contributed by atoms with Gasteiger partial charge in [-0.3, -0.25) is 14.5 Å². The number of hydrogen-bond donors (Lipinski definition) is 1. The molecule has 2 amide bonds. The van der Waals surface area contributed by atoms with Crippen LogP contribution in [-0.2, 0) is 25.8 Å². The number of nitrogens with zero attached hydrogens (tertiary/aromatic N) is 2. The fourth-order valence-electron chi connectivity index (χ4n) is 5.30. The maximum Gasteiger partial charge on any atom is 0.254 e. The quantitative estimate of drug-likeness (QED) is 0.525. The number of carbonyl (C=O) groups is 2. The second-order valence-electron chi connectivity index (χ2n) is 10.7. The van der Waals surface area contributed by atoms with E-state index in [0.717, 1.165) is 77.1 Å². The summed E-state index contributed by atoms with van der Waals surface area (Å²) in [6.07, 6.45) is 5.29. The number of benzene rings is 2. The smallest absolute Gasteiger partial charge is 0.254 e. The molecule has 1 N–H and O–H groups in total. The van der Waals surface area contributed by atoms with Gasteiger partial charge in [-0.15, -0.1) is 0 Å². The van der Waals surface area contributed by atoms with Crippen LogP contribution >= 0.6 is 0 Å².